The van der Waals surface area contributed by atoms with E-state index in [0.717, 1.165) is 12.1 Å². The van der Waals surface area contributed by atoms with Gasteiger partial charge >= 0.3 is 0 Å². The molecule has 0 spiro atoms. The van der Waals surface area contributed by atoms with Crippen LogP contribution in [0.3, 0.4) is 0 Å². The van der Waals surface area contributed by atoms with Gasteiger partial charge in [0.05, 0.1) is 6.54 Å². The third-order valence-corrected chi connectivity index (χ3v) is 2.98. The number of ether oxygens (including phenoxy) is 1. The first-order chi connectivity index (χ1) is 11.2. The van der Waals surface area contributed by atoms with Crippen LogP contribution in [0.2, 0.25) is 0 Å². The Kier molecular flexibility index (Phi) is 4.46. The molecule has 118 valence electrons. The molecule has 23 heavy (non-hydrogen) atoms. The second-order valence-electron chi connectivity index (χ2n) is 4.67. The van der Waals surface area contributed by atoms with Gasteiger partial charge in [-0.25, -0.2) is 8.78 Å². The Morgan fingerprint density at radius 3 is 2.52 bits per heavy atom. The molecule has 5 nitrogen and oxygen atoms in total. The lowest BCUT2D eigenvalue weighted by molar-refractivity contribution is 0.259. The average molecular weight is 317 g/mol. The summed E-state index contributed by atoms with van der Waals surface area (Å²) in [6, 6.07) is 12.8. The zero-order chi connectivity index (χ0) is 16.1. The lowest BCUT2D eigenvalue weighted by Crippen LogP contribution is -2.00. The highest BCUT2D eigenvalue weighted by atomic mass is 19.2. The van der Waals surface area contributed by atoms with Gasteiger partial charge in [0.1, 0.15) is 5.75 Å². The van der Waals surface area contributed by atoms with Crippen molar-refractivity contribution in [3.8, 4) is 5.75 Å². The van der Waals surface area contributed by atoms with Crippen LogP contribution in [0, 0.1) is 11.6 Å². The highest BCUT2D eigenvalue weighted by Gasteiger charge is 2.08. The van der Waals surface area contributed by atoms with Gasteiger partial charge in [-0.2, -0.15) is 0 Å². The Labute approximate surface area is 130 Å². The van der Waals surface area contributed by atoms with Crippen LogP contribution in [0.15, 0.2) is 52.9 Å². The topological polar surface area (TPSA) is 60.2 Å². The van der Waals surface area contributed by atoms with Gasteiger partial charge in [0, 0.05) is 11.8 Å². The number of hydrogen-bond acceptors (Lipinski definition) is 5. The van der Waals surface area contributed by atoms with E-state index in [9.17, 15) is 8.78 Å². The molecule has 1 N–H and O–H groups in total. The van der Waals surface area contributed by atoms with Crippen molar-refractivity contribution in [2.24, 2.45) is 0 Å². The molecule has 0 fully saturated rings. The molecule has 3 aromatic rings. The lowest BCUT2D eigenvalue weighted by atomic mass is 10.3. The van der Waals surface area contributed by atoms with Crippen LogP contribution in [0.5, 0.6) is 5.75 Å². The molecule has 0 radical (unpaired) electrons. The maximum Gasteiger partial charge on any atom is 0.253 e. The highest BCUT2D eigenvalue weighted by Crippen LogP contribution is 2.15. The zero-order valence-corrected chi connectivity index (χ0v) is 12.0. The van der Waals surface area contributed by atoms with Crippen molar-refractivity contribution in [2.45, 2.75) is 13.2 Å². The standard InChI is InChI=1S/C16H13F2N3O2/c17-13-7-6-11(8-14(13)18)19-9-15-20-21-16(23-15)10-22-12-4-2-1-3-5-12/h1-8,19H,9-10H2. The van der Waals surface area contributed by atoms with Crippen LogP contribution in [0.25, 0.3) is 0 Å². The first kappa shape index (κ1) is 15.0. The molecule has 1 heterocycles. The molecule has 0 unspecified atom stereocenters. The Morgan fingerprint density at radius 1 is 0.957 bits per heavy atom. The van der Waals surface area contributed by atoms with Gasteiger partial charge in [-0.15, -0.1) is 10.2 Å². The van der Waals surface area contributed by atoms with Gasteiger partial charge in [-0.1, -0.05) is 18.2 Å². The number of para-hydroxylation sites is 1. The maximum absolute atomic E-state index is 13.1. The van der Waals surface area contributed by atoms with E-state index in [1.165, 1.54) is 6.07 Å². The minimum atomic E-state index is -0.919. The normalized spacial score (nSPS) is 10.5. The molecule has 0 aliphatic heterocycles. The monoisotopic (exact) mass is 317 g/mol. The summed E-state index contributed by atoms with van der Waals surface area (Å²) in [5.74, 6) is -0.462. The quantitative estimate of drug-likeness (QED) is 0.753. The van der Waals surface area contributed by atoms with Gasteiger partial charge in [-0.3, -0.25) is 0 Å². The molecule has 0 bridgehead atoms. The van der Waals surface area contributed by atoms with Crippen LogP contribution in [0.1, 0.15) is 11.8 Å². The molecule has 0 saturated heterocycles. The molecule has 0 saturated carbocycles. The van der Waals surface area contributed by atoms with Gasteiger partial charge in [-0.05, 0) is 24.3 Å². The number of nitrogens with zero attached hydrogens (tertiary/aromatic N) is 2. The van der Waals surface area contributed by atoms with Gasteiger partial charge in [0.15, 0.2) is 18.2 Å². The molecular formula is C16H13F2N3O2. The number of rotatable bonds is 6. The molecule has 7 heteroatoms. The fourth-order valence-corrected chi connectivity index (χ4v) is 1.86. The predicted octanol–water partition coefficient (Wildman–Crippen LogP) is 3.54. The fourth-order valence-electron chi connectivity index (χ4n) is 1.86. The van der Waals surface area contributed by atoms with Crippen molar-refractivity contribution >= 4 is 5.69 Å². The molecule has 1 aromatic heterocycles. The molecule has 0 aliphatic rings. The highest BCUT2D eigenvalue weighted by molar-refractivity contribution is 5.43. The Balaban J connectivity index is 1.53. The van der Waals surface area contributed by atoms with E-state index in [0.29, 0.717) is 23.2 Å². The summed E-state index contributed by atoms with van der Waals surface area (Å²) >= 11 is 0. The van der Waals surface area contributed by atoms with Crippen LogP contribution in [-0.2, 0) is 13.2 Å². The Morgan fingerprint density at radius 2 is 1.74 bits per heavy atom. The van der Waals surface area contributed by atoms with E-state index in [1.807, 2.05) is 30.3 Å². The second kappa shape index (κ2) is 6.87. The van der Waals surface area contributed by atoms with Crippen LogP contribution < -0.4 is 10.1 Å². The van der Waals surface area contributed by atoms with E-state index < -0.39 is 11.6 Å². The Hall–Kier alpha value is -2.96. The molecule has 3 rings (SSSR count). The summed E-state index contributed by atoms with van der Waals surface area (Å²) in [7, 11) is 0. The van der Waals surface area contributed by atoms with Crippen molar-refractivity contribution < 1.29 is 17.9 Å². The molecule has 0 aliphatic carbocycles. The van der Waals surface area contributed by atoms with E-state index in [-0.39, 0.29) is 13.2 Å². The Bertz CT molecular complexity index is 778. The van der Waals surface area contributed by atoms with Crippen molar-refractivity contribution in [1.82, 2.24) is 10.2 Å². The minimum Gasteiger partial charge on any atom is -0.484 e. The smallest absolute Gasteiger partial charge is 0.253 e. The zero-order valence-electron chi connectivity index (χ0n) is 12.0. The third kappa shape index (κ3) is 4.03. The predicted molar refractivity (Wildman–Crippen MR) is 78.8 cm³/mol. The number of hydrogen-bond donors (Lipinski definition) is 1. The largest absolute Gasteiger partial charge is 0.484 e. The number of benzene rings is 2. The maximum atomic E-state index is 13.1. The number of nitrogens with one attached hydrogen (secondary N) is 1. The molecule has 2 aromatic carbocycles. The summed E-state index contributed by atoms with van der Waals surface area (Å²) < 4.78 is 36.8. The fraction of sp³-hybridized carbons (Fsp3) is 0.125. The van der Waals surface area contributed by atoms with Crippen molar-refractivity contribution in [3.05, 3.63) is 71.9 Å². The van der Waals surface area contributed by atoms with Crippen molar-refractivity contribution in [2.75, 3.05) is 5.32 Å². The van der Waals surface area contributed by atoms with Crippen LogP contribution in [0.4, 0.5) is 14.5 Å². The van der Waals surface area contributed by atoms with E-state index in [1.54, 1.807) is 0 Å². The summed E-state index contributed by atoms with van der Waals surface area (Å²) in [6.45, 7) is 0.353. The first-order valence-corrected chi connectivity index (χ1v) is 6.89. The lowest BCUT2D eigenvalue weighted by Gasteiger charge is -2.04. The van der Waals surface area contributed by atoms with Gasteiger partial charge < -0.3 is 14.5 Å². The van der Waals surface area contributed by atoms with Crippen molar-refractivity contribution in [3.63, 3.8) is 0 Å². The number of anilines is 1. The molecule has 0 atom stereocenters. The van der Waals surface area contributed by atoms with Crippen LogP contribution in [-0.4, -0.2) is 10.2 Å². The van der Waals surface area contributed by atoms with E-state index >= 15 is 0 Å². The first-order valence-electron chi connectivity index (χ1n) is 6.89. The minimum absolute atomic E-state index is 0.155. The summed E-state index contributed by atoms with van der Waals surface area (Å²) in [5.41, 5.74) is 0.421. The van der Waals surface area contributed by atoms with E-state index in [2.05, 4.69) is 15.5 Å². The van der Waals surface area contributed by atoms with Crippen LogP contribution >= 0.6 is 0 Å². The molecule has 0 amide bonds. The number of halogens is 2. The summed E-state index contributed by atoms with van der Waals surface area (Å²) in [5, 5.41) is 10.6. The van der Waals surface area contributed by atoms with Gasteiger partial charge in [0.25, 0.3) is 5.89 Å². The number of aromatic nitrogens is 2. The third-order valence-electron chi connectivity index (χ3n) is 2.98. The van der Waals surface area contributed by atoms with Gasteiger partial charge in [0.2, 0.25) is 5.89 Å². The molecular weight excluding hydrogens is 304 g/mol. The van der Waals surface area contributed by atoms with E-state index in [4.69, 9.17) is 9.15 Å². The average Bonchev–Trinajstić information content (AvgIpc) is 3.03. The summed E-state index contributed by atoms with van der Waals surface area (Å²) in [6.07, 6.45) is 0. The second-order valence-corrected chi connectivity index (χ2v) is 4.67. The van der Waals surface area contributed by atoms with Crippen molar-refractivity contribution in [1.29, 1.82) is 0 Å². The summed E-state index contributed by atoms with van der Waals surface area (Å²) in [4.78, 5) is 0. The SMILES string of the molecule is Fc1ccc(NCc2nnc(COc3ccccc3)o2)cc1F.